The van der Waals surface area contributed by atoms with Gasteiger partial charge in [-0.3, -0.25) is 0 Å². The van der Waals surface area contributed by atoms with Crippen molar-refractivity contribution in [1.29, 1.82) is 0 Å². The van der Waals surface area contributed by atoms with Crippen LogP contribution in [0.1, 0.15) is 18.1 Å². The fraction of sp³-hybridized carbons (Fsp3) is 0.286. The molecule has 0 bridgehead atoms. The van der Waals surface area contributed by atoms with Gasteiger partial charge in [0.05, 0.1) is 0 Å². The van der Waals surface area contributed by atoms with Crippen molar-refractivity contribution in [2.24, 2.45) is 0 Å². The Labute approximate surface area is 96.9 Å². The fourth-order valence-corrected chi connectivity index (χ4v) is 1.75. The Morgan fingerprint density at radius 3 is 2.81 bits per heavy atom. The van der Waals surface area contributed by atoms with E-state index in [1.54, 1.807) is 0 Å². The molecule has 0 aliphatic carbocycles. The van der Waals surface area contributed by atoms with Crippen LogP contribution in [0.25, 0.3) is 0 Å². The zero-order valence-corrected chi connectivity index (χ0v) is 9.90. The number of anilines is 1. The summed E-state index contributed by atoms with van der Waals surface area (Å²) < 4.78 is 2.19. The van der Waals surface area contributed by atoms with Gasteiger partial charge in [0.15, 0.2) is 0 Å². The second-order valence-corrected chi connectivity index (χ2v) is 4.07. The number of aryl methyl sites for hydroxylation is 2. The molecule has 0 saturated heterocycles. The molecule has 2 heteroatoms. The molecule has 1 heterocycles. The third-order valence-corrected chi connectivity index (χ3v) is 2.69. The summed E-state index contributed by atoms with van der Waals surface area (Å²) in [5, 5.41) is 3.43. The minimum absolute atomic E-state index is 0.885. The van der Waals surface area contributed by atoms with Crippen molar-refractivity contribution in [3.05, 3.63) is 53.9 Å². The molecular formula is C14H18N2. The van der Waals surface area contributed by atoms with Gasteiger partial charge in [-0.2, -0.15) is 0 Å². The molecule has 0 fully saturated rings. The van der Waals surface area contributed by atoms with E-state index in [0.717, 1.165) is 13.1 Å². The van der Waals surface area contributed by atoms with Gasteiger partial charge < -0.3 is 9.88 Å². The largest absolute Gasteiger partial charge is 0.381 e. The number of aromatic nitrogens is 1. The fourth-order valence-electron chi connectivity index (χ4n) is 1.75. The maximum absolute atomic E-state index is 3.43. The highest BCUT2D eigenvalue weighted by molar-refractivity contribution is 5.45. The average Bonchev–Trinajstić information content (AvgIpc) is 2.74. The van der Waals surface area contributed by atoms with Crippen molar-refractivity contribution in [2.45, 2.75) is 26.9 Å². The Morgan fingerprint density at radius 2 is 2.12 bits per heavy atom. The number of nitrogens with zero attached hydrogens (tertiary/aromatic N) is 1. The lowest BCUT2D eigenvalue weighted by Gasteiger charge is -2.05. The van der Waals surface area contributed by atoms with Crippen LogP contribution in [0, 0.1) is 6.92 Å². The van der Waals surface area contributed by atoms with E-state index in [9.17, 15) is 0 Å². The second-order valence-electron chi connectivity index (χ2n) is 4.07. The standard InChI is InChI=1S/C14H18N2/c1-3-16-8-7-13(11-16)10-15-14-6-4-5-12(2)9-14/h4-9,11,15H,3,10H2,1-2H3. The minimum atomic E-state index is 0.885. The Hall–Kier alpha value is -1.70. The molecule has 0 spiro atoms. The smallest absolute Gasteiger partial charge is 0.0415 e. The van der Waals surface area contributed by atoms with Crippen molar-refractivity contribution in [3.63, 3.8) is 0 Å². The summed E-state index contributed by atoms with van der Waals surface area (Å²) in [6, 6.07) is 10.6. The van der Waals surface area contributed by atoms with E-state index in [0.29, 0.717) is 0 Å². The highest BCUT2D eigenvalue weighted by Crippen LogP contribution is 2.11. The van der Waals surface area contributed by atoms with Gasteiger partial charge >= 0.3 is 0 Å². The van der Waals surface area contributed by atoms with Crippen LogP contribution in [0.4, 0.5) is 5.69 Å². The Kier molecular flexibility index (Phi) is 3.30. The van der Waals surface area contributed by atoms with Crippen LogP contribution in [0.5, 0.6) is 0 Å². The molecule has 16 heavy (non-hydrogen) atoms. The number of hydrogen-bond donors (Lipinski definition) is 1. The lowest BCUT2D eigenvalue weighted by atomic mass is 10.2. The first-order valence-corrected chi connectivity index (χ1v) is 5.73. The van der Waals surface area contributed by atoms with E-state index in [2.05, 4.69) is 66.5 Å². The SMILES string of the molecule is CCn1ccc(CNc2cccc(C)c2)c1. The van der Waals surface area contributed by atoms with Crippen molar-refractivity contribution in [1.82, 2.24) is 4.57 Å². The van der Waals surface area contributed by atoms with Gasteiger partial charge in [-0.05, 0) is 43.2 Å². The van der Waals surface area contributed by atoms with Gasteiger partial charge in [-0.25, -0.2) is 0 Å². The molecule has 1 aromatic carbocycles. The van der Waals surface area contributed by atoms with Crippen molar-refractivity contribution >= 4 is 5.69 Å². The molecule has 0 atom stereocenters. The molecule has 0 aliphatic rings. The van der Waals surface area contributed by atoms with E-state index >= 15 is 0 Å². The molecule has 0 radical (unpaired) electrons. The van der Waals surface area contributed by atoms with Crippen LogP contribution >= 0.6 is 0 Å². The van der Waals surface area contributed by atoms with E-state index < -0.39 is 0 Å². The van der Waals surface area contributed by atoms with Gasteiger partial charge in [0.2, 0.25) is 0 Å². The second kappa shape index (κ2) is 4.88. The molecule has 2 rings (SSSR count). The molecular weight excluding hydrogens is 196 g/mol. The molecule has 84 valence electrons. The van der Waals surface area contributed by atoms with Gasteiger partial charge in [-0.1, -0.05) is 12.1 Å². The monoisotopic (exact) mass is 214 g/mol. The molecule has 0 saturated carbocycles. The summed E-state index contributed by atoms with van der Waals surface area (Å²) in [7, 11) is 0. The summed E-state index contributed by atoms with van der Waals surface area (Å²) >= 11 is 0. The van der Waals surface area contributed by atoms with Crippen molar-refractivity contribution < 1.29 is 0 Å². The molecule has 2 nitrogen and oxygen atoms in total. The first-order valence-electron chi connectivity index (χ1n) is 5.73. The molecule has 2 aromatic rings. The third-order valence-electron chi connectivity index (χ3n) is 2.69. The topological polar surface area (TPSA) is 17.0 Å². The highest BCUT2D eigenvalue weighted by atomic mass is 14.9. The molecule has 0 unspecified atom stereocenters. The quantitative estimate of drug-likeness (QED) is 0.825. The summed E-state index contributed by atoms with van der Waals surface area (Å²) in [4.78, 5) is 0. The maximum Gasteiger partial charge on any atom is 0.0415 e. The zero-order valence-electron chi connectivity index (χ0n) is 9.90. The number of hydrogen-bond acceptors (Lipinski definition) is 1. The average molecular weight is 214 g/mol. The summed E-state index contributed by atoms with van der Waals surface area (Å²) in [5.74, 6) is 0. The van der Waals surface area contributed by atoms with Crippen LogP contribution in [0.15, 0.2) is 42.7 Å². The Morgan fingerprint density at radius 1 is 1.25 bits per heavy atom. The number of benzene rings is 1. The zero-order chi connectivity index (χ0) is 11.4. The van der Waals surface area contributed by atoms with Gasteiger partial charge in [0, 0.05) is 31.2 Å². The van der Waals surface area contributed by atoms with Gasteiger partial charge in [0.1, 0.15) is 0 Å². The van der Waals surface area contributed by atoms with E-state index in [4.69, 9.17) is 0 Å². The van der Waals surface area contributed by atoms with E-state index in [-0.39, 0.29) is 0 Å². The van der Waals surface area contributed by atoms with Crippen LogP contribution in [-0.4, -0.2) is 4.57 Å². The molecule has 1 aromatic heterocycles. The lowest BCUT2D eigenvalue weighted by molar-refractivity contribution is 0.766. The highest BCUT2D eigenvalue weighted by Gasteiger charge is 1.96. The predicted molar refractivity (Wildman–Crippen MR) is 68.6 cm³/mol. The Balaban J connectivity index is 1.96. The summed E-state index contributed by atoms with van der Waals surface area (Å²) in [6.45, 7) is 6.18. The molecule has 0 amide bonds. The van der Waals surface area contributed by atoms with Crippen LogP contribution < -0.4 is 5.32 Å². The minimum Gasteiger partial charge on any atom is -0.381 e. The van der Waals surface area contributed by atoms with Crippen molar-refractivity contribution in [3.8, 4) is 0 Å². The third kappa shape index (κ3) is 2.66. The summed E-state index contributed by atoms with van der Waals surface area (Å²) in [5.41, 5.74) is 3.80. The first kappa shape index (κ1) is 10.8. The summed E-state index contributed by atoms with van der Waals surface area (Å²) in [6.07, 6.45) is 4.30. The van der Waals surface area contributed by atoms with Crippen molar-refractivity contribution in [2.75, 3.05) is 5.32 Å². The van der Waals surface area contributed by atoms with Crippen LogP contribution in [-0.2, 0) is 13.1 Å². The maximum atomic E-state index is 3.43. The molecule has 1 N–H and O–H groups in total. The lowest BCUT2D eigenvalue weighted by Crippen LogP contribution is -1.98. The van der Waals surface area contributed by atoms with Gasteiger partial charge in [0.25, 0.3) is 0 Å². The van der Waals surface area contributed by atoms with Gasteiger partial charge in [-0.15, -0.1) is 0 Å². The normalized spacial score (nSPS) is 10.4. The van der Waals surface area contributed by atoms with E-state index in [1.807, 2.05) is 0 Å². The predicted octanol–water partition coefficient (Wildman–Crippen LogP) is 3.43. The molecule has 0 aliphatic heterocycles. The number of rotatable bonds is 4. The van der Waals surface area contributed by atoms with Crippen LogP contribution in [0.3, 0.4) is 0 Å². The van der Waals surface area contributed by atoms with Crippen LogP contribution in [0.2, 0.25) is 0 Å². The number of nitrogens with one attached hydrogen (secondary N) is 1. The first-order chi connectivity index (χ1) is 7.78. The van der Waals surface area contributed by atoms with E-state index in [1.165, 1.54) is 16.8 Å². The Bertz CT molecular complexity index is 457.